The molecule has 2 aromatic carbocycles. The van der Waals surface area contributed by atoms with E-state index in [2.05, 4.69) is 5.48 Å². The highest BCUT2D eigenvalue weighted by atomic mass is 35.5. The van der Waals surface area contributed by atoms with Gasteiger partial charge in [0.25, 0.3) is 5.91 Å². The molecule has 104 valence electrons. The number of nitrogen functional groups attached to an aromatic ring is 1. The quantitative estimate of drug-likeness (QED) is 0.671. The number of nitrogens with one attached hydrogen (secondary N) is 1. The van der Waals surface area contributed by atoms with Gasteiger partial charge >= 0.3 is 0 Å². The molecule has 0 spiro atoms. The van der Waals surface area contributed by atoms with Crippen molar-refractivity contribution in [2.75, 3.05) is 5.73 Å². The Kier molecular flexibility index (Phi) is 4.84. The standard InChI is InChI=1S/C14H12Cl2N2O2/c15-11-6-10(7-12(16)13(11)17)14(19)18-20-8-9-4-2-1-3-5-9/h1-7H,8,17H2,(H,18,19). The lowest BCUT2D eigenvalue weighted by molar-refractivity contribution is 0.0233. The third-order valence-corrected chi connectivity index (χ3v) is 3.21. The van der Waals surface area contributed by atoms with Crippen molar-refractivity contribution in [1.29, 1.82) is 0 Å². The first-order chi connectivity index (χ1) is 9.58. The zero-order valence-corrected chi connectivity index (χ0v) is 11.9. The van der Waals surface area contributed by atoms with Crippen molar-refractivity contribution in [3.05, 3.63) is 63.6 Å². The van der Waals surface area contributed by atoms with Gasteiger partial charge in [0, 0.05) is 5.56 Å². The average molecular weight is 311 g/mol. The second-order valence-electron chi connectivity index (χ2n) is 4.06. The molecule has 0 heterocycles. The molecular formula is C14H12Cl2N2O2. The monoisotopic (exact) mass is 310 g/mol. The Balaban J connectivity index is 1.95. The van der Waals surface area contributed by atoms with Crippen LogP contribution in [0.4, 0.5) is 5.69 Å². The molecule has 0 saturated carbocycles. The van der Waals surface area contributed by atoms with Crippen molar-refractivity contribution in [3.8, 4) is 0 Å². The van der Waals surface area contributed by atoms with Crippen LogP contribution in [-0.2, 0) is 11.4 Å². The molecule has 0 atom stereocenters. The van der Waals surface area contributed by atoms with Gasteiger partial charge < -0.3 is 5.73 Å². The van der Waals surface area contributed by atoms with Gasteiger partial charge in [-0.3, -0.25) is 9.63 Å². The fraction of sp³-hybridized carbons (Fsp3) is 0.0714. The maximum atomic E-state index is 11.9. The van der Waals surface area contributed by atoms with Crippen LogP contribution in [0.1, 0.15) is 15.9 Å². The van der Waals surface area contributed by atoms with E-state index >= 15 is 0 Å². The fourth-order valence-corrected chi connectivity index (χ4v) is 2.02. The molecular weight excluding hydrogens is 299 g/mol. The molecule has 0 radical (unpaired) electrons. The van der Waals surface area contributed by atoms with Crippen LogP contribution in [0.15, 0.2) is 42.5 Å². The molecule has 0 aliphatic heterocycles. The third kappa shape index (κ3) is 3.63. The normalized spacial score (nSPS) is 10.3. The second-order valence-corrected chi connectivity index (χ2v) is 4.87. The van der Waals surface area contributed by atoms with Crippen molar-refractivity contribution < 1.29 is 9.63 Å². The van der Waals surface area contributed by atoms with Crippen LogP contribution >= 0.6 is 23.2 Å². The Morgan fingerprint density at radius 2 is 1.75 bits per heavy atom. The molecule has 0 aromatic heterocycles. The first kappa shape index (κ1) is 14.7. The molecule has 0 aliphatic carbocycles. The summed E-state index contributed by atoms with van der Waals surface area (Å²) >= 11 is 11.7. The first-order valence-electron chi connectivity index (χ1n) is 5.78. The molecule has 0 bridgehead atoms. The van der Waals surface area contributed by atoms with Crippen LogP contribution in [0.25, 0.3) is 0 Å². The second kappa shape index (κ2) is 6.61. The maximum absolute atomic E-state index is 11.9. The number of nitrogens with two attached hydrogens (primary N) is 1. The highest BCUT2D eigenvalue weighted by molar-refractivity contribution is 6.39. The van der Waals surface area contributed by atoms with Crippen molar-refractivity contribution in [2.45, 2.75) is 6.61 Å². The van der Waals surface area contributed by atoms with Crippen molar-refractivity contribution in [3.63, 3.8) is 0 Å². The van der Waals surface area contributed by atoms with Crippen molar-refractivity contribution >= 4 is 34.8 Å². The van der Waals surface area contributed by atoms with Gasteiger partial charge in [-0.1, -0.05) is 53.5 Å². The summed E-state index contributed by atoms with van der Waals surface area (Å²) in [4.78, 5) is 17.0. The lowest BCUT2D eigenvalue weighted by atomic mass is 10.2. The predicted octanol–water partition coefficient (Wildman–Crippen LogP) is 3.44. The number of hydrogen-bond acceptors (Lipinski definition) is 3. The molecule has 4 nitrogen and oxygen atoms in total. The summed E-state index contributed by atoms with van der Waals surface area (Å²) in [6.07, 6.45) is 0. The lowest BCUT2D eigenvalue weighted by Crippen LogP contribution is -2.23. The molecule has 2 rings (SSSR count). The van der Waals surface area contributed by atoms with Gasteiger partial charge in [0.1, 0.15) is 0 Å². The van der Waals surface area contributed by atoms with Gasteiger partial charge in [0.05, 0.1) is 22.3 Å². The number of hydroxylamine groups is 1. The summed E-state index contributed by atoms with van der Waals surface area (Å²) in [5.74, 6) is -0.440. The topological polar surface area (TPSA) is 64.4 Å². The first-order valence-corrected chi connectivity index (χ1v) is 6.54. The van der Waals surface area contributed by atoms with E-state index in [1.165, 1.54) is 12.1 Å². The van der Waals surface area contributed by atoms with Gasteiger partial charge in [-0.25, -0.2) is 5.48 Å². The summed E-state index contributed by atoms with van der Waals surface area (Å²) in [6, 6.07) is 12.3. The Labute approximate surface area is 126 Å². The predicted molar refractivity (Wildman–Crippen MR) is 79.6 cm³/mol. The van der Waals surface area contributed by atoms with E-state index in [0.29, 0.717) is 0 Å². The molecule has 20 heavy (non-hydrogen) atoms. The number of hydrogen-bond donors (Lipinski definition) is 2. The van der Waals surface area contributed by atoms with Crippen LogP contribution in [-0.4, -0.2) is 5.91 Å². The molecule has 6 heteroatoms. The number of benzene rings is 2. The van der Waals surface area contributed by atoms with Gasteiger partial charge in [-0.15, -0.1) is 0 Å². The Hall–Kier alpha value is -1.75. The number of carbonyl (C=O) groups excluding carboxylic acids is 1. The van der Waals surface area contributed by atoms with Gasteiger partial charge in [0.2, 0.25) is 0 Å². The number of carbonyl (C=O) groups is 1. The van der Waals surface area contributed by atoms with Gasteiger partial charge in [-0.2, -0.15) is 0 Å². The van der Waals surface area contributed by atoms with E-state index in [1.807, 2.05) is 30.3 Å². The molecule has 1 amide bonds. The zero-order chi connectivity index (χ0) is 14.5. The average Bonchev–Trinajstić information content (AvgIpc) is 2.45. The fourth-order valence-electron chi connectivity index (χ4n) is 1.53. The van der Waals surface area contributed by atoms with E-state index in [1.54, 1.807) is 0 Å². The van der Waals surface area contributed by atoms with Crippen molar-refractivity contribution in [1.82, 2.24) is 5.48 Å². The highest BCUT2D eigenvalue weighted by Crippen LogP contribution is 2.28. The number of rotatable bonds is 4. The maximum Gasteiger partial charge on any atom is 0.274 e. The summed E-state index contributed by atoms with van der Waals surface area (Å²) in [5.41, 5.74) is 9.40. The smallest absolute Gasteiger partial charge is 0.274 e. The van der Waals surface area contributed by atoms with Gasteiger partial charge in [-0.05, 0) is 17.7 Å². The largest absolute Gasteiger partial charge is 0.396 e. The van der Waals surface area contributed by atoms with Crippen molar-refractivity contribution in [2.24, 2.45) is 0 Å². The Morgan fingerprint density at radius 1 is 1.15 bits per heavy atom. The molecule has 0 saturated heterocycles. The summed E-state index contributed by atoms with van der Waals surface area (Å²) in [5, 5.41) is 0.455. The van der Waals surface area contributed by atoms with Crippen LogP contribution in [0.2, 0.25) is 10.0 Å². The van der Waals surface area contributed by atoms with Crippen LogP contribution in [0, 0.1) is 0 Å². The van der Waals surface area contributed by atoms with Crippen LogP contribution in [0.3, 0.4) is 0 Å². The lowest BCUT2D eigenvalue weighted by Gasteiger charge is -2.08. The minimum atomic E-state index is -0.440. The van der Waals surface area contributed by atoms with E-state index in [4.69, 9.17) is 33.8 Å². The minimum Gasteiger partial charge on any atom is -0.396 e. The number of amides is 1. The Morgan fingerprint density at radius 3 is 2.35 bits per heavy atom. The zero-order valence-electron chi connectivity index (χ0n) is 10.4. The van der Waals surface area contributed by atoms with Gasteiger partial charge in [0.15, 0.2) is 0 Å². The molecule has 0 aliphatic rings. The highest BCUT2D eigenvalue weighted by Gasteiger charge is 2.11. The van der Waals surface area contributed by atoms with E-state index in [9.17, 15) is 4.79 Å². The summed E-state index contributed by atoms with van der Waals surface area (Å²) in [6.45, 7) is 0.267. The number of anilines is 1. The summed E-state index contributed by atoms with van der Waals surface area (Å²) in [7, 11) is 0. The van der Waals surface area contributed by atoms with E-state index < -0.39 is 5.91 Å². The van der Waals surface area contributed by atoms with Crippen LogP contribution < -0.4 is 11.2 Å². The molecule has 2 aromatic rings. The molecule has 0 unspecified atom stereocenters. The molecule has 3 N–H and O–H groups in total. The Bertz CT molecular complexity index is 595. The molecule has 0 fully saturated rings. The van der Waals surface area contributed by atoms with E-state index in [-0.39, 0.29) is 27.9 Å². The number of halogens is 2. The third-order valence-electron chi connectivity index (χ3n) is 2.59. The summed E-state index contributed by atoms with van der Waals surface area (Å²) < 4.78 is 0. The van der Waals surface area contributed by atoms with Crippen LogP contribution in [0.5, 0.6) is 0 Å². The minimum absolute atomic E-state index is 0.228. The van der Waals surface area contributed by atoms with E-state index in [0.717, 1.165) is 5.56 Å². The SMILES string of the molecule is Nc1c(Cl)cc(C(=O)NOCc2ccccc2)cc1Cl.